The van der Waals surface area contributed by atoms with Crippen molar-refractivity contribution in [1.29, 1.82) is 0 Å². The quantitative estimate of drug-likeness (QED) is 0.373. The van der Waals surface area contributed by atoms with Crippen LogP contribution in [0, 0.1) is 5.82 Å². The minimum atomic E-state index is -4.54. The van der Waals surface area contributed by atoms with E-state index < -0.39 is 36.0 Å². The Morgan fingerprint density at radius 2 is 1.84 bits per heavy atom. The number of alkyl halides is 3. The molecule has 0 aliphatic rings. The highest BCUT2D eigenvalue weighted by molar-refractivity contribution is 6.33. The number of hydrogen-bond acceptors (Lipinski definition) is 5. The predicted octanol–water partition coefficient (Wildman–Crippen LogP) is 5.43. The summed E-state index contributed by atoms with van der Waals surface area (Å²) in [6, 6.07) is 10.5. The Morgan fingerprint density at radius 3 is 2.56 bits per heavy atom. The first-order chi connectivity index (χ1) is 15.1. The highest BCUT2D eigenvalue weighted by Crippen LogP contribution is 2.31. The van der Waals surface area contributed by atoms with E-state index in [1.54, 1.807) is 0 Å². The van der Waals surface area contributed by atoms with Crippen molar-refractivity contribution in [3.05, 3.63) is 82.8 Å². The smallest absolute Gasteiger partial charge is 0.416 e. The Kier molecular flexibility index (Phi) is 6.94. The van der Waals surface area contributed by atoms with Gasteiger partial charge in [0.15, 0.2) is 6.61 Å². The summed E-state index contributed by atoms with van der Waals surface area (Å²) in [5.74, 6) is -2.31. The molecule has 0 aliphatic carbocycles. The van der Waals surface area contributed by atoms with Gasteiger partial charge in [0.1, 0.15) is 17.2 Å². The normalized spacial score (nSPS) is 11.0. The Labute approximate surface area is 184 Å². The van der Waals surface area contributed by atoms with Gasteiger partial charge in [0, 0.05) is 11.9 Å². The molecule has 1 amide bonds. The molecule has 0 bridgehead atoms. The molecule has 3 rings (SSSR count). The van der Waals surface area contributed by atoms with Crippen LogP contribution in [0.2, 0.25) is 5.02 Å². The van der Waals surface area contributed by atoms with Gasteiger partial charge in [-0.3, -0.25) is 4.79 Å². The first kappa shape index (κ1) is 23.0. The molecule has 2 N–H and O–H groups in total. The lowest BCUT2D eigenvalue weighted by atomic mass is 10.2. The van der Waals surface area contributed by atoms with Crippen LogP contribution in [0.3, 0.4) is 0 Å². The van der Waals surface area contributed by atoms with E-state index in [2.05, 4.69) is 15.6 Å². The van der Waals surface area contributed by atoms with E-state index in [1.807, 2.05) is 0 Å². The number of esters is 1. The molecular formula is C21H14ClF4N3O3. The molecule has 0 atom stereocenters. The molecule has 6 nitrogen and oxygen atoms in total. The predicted molar refractivity (Wildman–Crippen MR) is 109 cm³/mol. The maximum atomic E-state index is 13.1. The first-order valence-electron chi connectivity index (χ1n) is 8.95. The van der Waals surface area contributed by atoms with Gasteiger partial charge < -0.3 is 15.4 Å². The Morgan fingerprint density at radius 1 is 1.06 bits per heavy atom. The number of rotatable bonds is 6. The van der Waals surface area contributed by atoms with Gasteiger partial charge in [-0.2, -0.15) is 13.2 Å². The van der Waals surface area contributed by atoms with Crippen LogP contribution in [-0.4, -0.2) is 23.5 Å². The number of halogens is 5. The van der Waals surface area contributed by atoms with E-state index in [1.165, 1.54) is 36.5 Å². The minimum Gasteiger partial charge on any atom is -0.452 e. The summed E-state index contributed by atoms with van der Waals surface area (Å²) in [5.41, 5.74) is -0.796. The number of carbonyl (C=O) groups is 2. The number of carbonyl (C=O) groups excluding carboxylic acids is 2. The third-order valence-corrected chi connectivity index (χ3v) is 4.33. The molecule has 1 heterocycles. The molecule has 0 spiro atoms. The van der Waals surface area contributed by atoms with E-state index in [-0.39, 0.29) is 27.8 Å². The summed E-state index contributed by atoms with van der Waals surface area (Å²) in [5, 5.41) is 4.97. The molecule has 0 fully saturated rings. The molecule has 3 aromatic rings. The van der Waals surface area contributed by atoms with Gasteiger partial charge in [-0.25, -0.2) is 14.2 Å². The lowest BCUT2D eigenvalue weighted by molar-refractivity contribution is -0.137. The van der Waals surface area contributed by atoms with Crippen molar-refractivity contribution in [2.75, 3.05) is 17.2 Å². The summed E-state index contributed by atoms with van der Waals surface area (Å²) < 4.78 is 56.7. The van der Waals surface area contributed by atoms with E-state index in [0.29, 0.717) is 0 Å². The van der Waals surface area contributed by atoms with E-state index >= 15 is 0 Å². The highest BCUT2D eigenvalue weighted by Gasteiger charge is 2.30. The van der Waals surface area contributed by atoms with Gasteiger partial charge in [-0.1, -0.05) is 17.7 Å². The second kappa shape index (κ2) is 9.65. The summed E-state index contributed by atoms with van der Waals surface area (Å²) in [6.07, 6.45) is -3.21. The summed E-state index contributed by atoms with van der Waals surface area (Å²) in [6.45, 7) is -0.690. The fraction of sp³-hybridized carbons (Fsp3) is 0.0952. The fourth-order valence-electron chi connectivity index (χ4n) is 2.57. The van der Waals surface area contributed by atoms with E-state index in [9.17, 15) is 27.2 Å². The monoisotopic (exact) mass is 467 g/mol. The average molecular weight is 468 g/mol. The fourth-order valence-corrected chi connectivity index (χ4v) is 2.78. The van der Waals surface area contributed by atoms with Crippen LogP contribution in [0.15, 0.2) is 60.8 Å². The van der Waals surface area contributed by atoms with Crippen LogP contribution in [0.25, 0.3) is 0 Å². The lowest BCUT2D eigenvalue weighted by Gasteiger charge is -2.13. The minimum absolute atomic E-state index is 0.0375. The number of nitrogens with one attached hydrogen (secondary N) is 2. The van der Waals surface area contributed by atoms with Crippen LogP contribution < -0.4 is 10.6 Å². The van der Waals surface area contributed by atoms with Crippen molar-refractivity contribution in [2.24, 2.45) is 0 Å². The SMILES string of the molecule is O=C(COC(=O)c1cccnc1Nc1cccc(C(F)(F)F)c1)Nc1ccc(F)cc1Cl. The van der Waals surface area contributed by atoms with E-state index in [4.69, 9.17) is 16.3 Å². The molecule has 0 saturated heterocycles. The first-order valence-corrected chi connectivity index (χ1v) is 9.32. The molecular weight excluding hydrogens is 454 g/mol. The zero-order chi connectivity index (χ0) is 23.3. The van der Waals surface area contributed by atoms with Gasteiger partial charge in [-0.05, 0) is 48.5 Å². The largest absolute Gasteiger partial charge is 0.452 e. The Bertz CT molecular complexity index is 1160. The van der Waals surface area contributed by atoms with Crippen molar-refractivity contribution in [2.45, 2.75) is 6.18 Å². The number of pyridine rings is 1. The zero-order valence-corrected chi connectivity index (χ0v) is 16.8. The molecule has 0 saturated carbocycles. The molecule has 0 unspecified atom stereocenters. The van der Waals surface area contributed by atoms with Crippen molar-refractivity contribution < 1.29 is 31.9 Å². The second-order valence-electron chi connectivity index (χ2n) is 6.35. The lowest BCUT2D eigenvalue weighted by Crippen LogP contribution is -2.21. The maximum Gasteiger partial charge on any atom is 0.416 e. The van der Waals surface area contributed by atoms with Crippen LogP contribution in [-0.2, 0) is 15.7 Å². The van der Waals surface area contributed by atoms with Gasteiger partial charge >= 0.3 is 12.1 Å². The second-order valence-corrected chi connectivity index (χ2v) is 6.76. The number of anilines is 3. The molecule has 32 heavy (non-hydrogen) atoms. The zero-order valence-electron chi connectivity index (χ0n) is 16.0. The molecule has 166 valence electrons. The third-order valence-electron chi connectivity index (χ3n) is 4.02. The van der Waals surface area contributed by atoms with Crippen LogP contribution >= 0.6 is 11.6 Å². The number of aromatic nitrogens is 1. The molecule has 0 radical (unpaired) electrons. The Balaban J connectivity index is 1.67. The van der Waals surface area contributed by atoms with Gasteiger partial charge in [-0.15, -0.1) is 0 Å². The molecule has 11 heteroatoms. The number of ether oxygens (including phenoxy) is 1. The summed E-state index contributed by atoms with van der Waals surface area (Å²) >= 11 is 5.82. The topological polar surface area (TPSA) is 80.3 Å². The van der Waals surface area contributed by atoms with Gasteiger partial charge in [0.25, 0.3) is 5.91 Å². The number of nitrogens with zero attached hydrogens (tertiary/aromatic N) is 1. The number of benzene rings is 2. The standard InChI is InChI=1S/C21H14ClF4N3O3/c22-16-10-13(23)6-7-17(16)29-18(30)11-32-20(31)15-5-2-8-27-19(15)28-14-4-1-3-12(9-14)21(24,25)26/h1-10H,11H2,(H,27,28)(H,29,30). The molecule has 1 aromatic heterocycles. The van der Waals surface area contributed by atoms with Crippen molar-refractivity contribution >= 4 is 40.7 Å². The van der Waals surface area contributed by atoms with Crippen LogP contribution in [0.4, 0.5) is 34.8 Å². The van der Waals surface area contributed by atoms with E-state index in [0.717, 1.165) is 24.3 Å². The number of amides is 1. The third kappa shape index (κ3) is 5.94. The molecule has 2 aromatic carbocycles. The average Bonchev–Trinajstić information content (AvgIpc) is 2.74. The number of hydrogen-bond donors (Lipinski definition) is 2. The summed E-state index contributed by atoms with van der Waals surface area (Å²) in [4.78, 5) is 28.4. The maximum absolute atomic E-state index is 13.1. The van der Waals surface area contributed by atoms with Gasteiger partial charge in [0.05, 0.1) is 16.3 Å². The van der Waals surface area contributed by atoms with Crippen molar-refractivity contribution in [1.82, 2.24) is 4.98 Å². The summed E-state index contributed by atoms with van der Waals surface area (Å²) in [7, 11) is 0. The van der Waals surface area contributed by atoms with Crippen LogP contribution in [0.5, 0.6) is 0 Å². The highest BCUT2D eigenvalue weighted by atomic mass is 35.5. The van der Waals surface area contributed by atoms with Crippen molar-refractivity contribution in [3.63, 3.8) is 0 Å². The molecule has 0 aliphatic heterocycles. The van der Waals surface area contributed by atoms with Crippen molar-refractivity contribution in [3.8, 4) is 0 Å². The van der Waals surface area contributed by atoms with Gasteiger partial charge in [0.2, 0.25) is 0 Å². The Hall–Kier alpha value is -3.66. The van der Waals surface area contributed by atoms with Crippen LogP contribution in [0.1, 0.15) is 15.9 Å².